The lowest BCUT2D eigenvalue weighted by Crippen LogP contribution is -2.13. The number of methoxy groups -OCH3 is 2. The van der Waals surface area contributed by atoms with Crippen LogP contribution in [-0.4, -0.2) is 25.1 Å². The average molecular weight is 307 g/mol. The van der Waals surface area contributed by atoms with Crippen LogP contribution in [0.3, 0.4) is 0 Å². The number of carbonyl (C=O) groups excluding carboxylic acids is 1. The summed E-state index contributed by atoms with van der Waals surface area (Å²) < 4.78 is 10.5. The van der Waals surface area contributed by atoms with Gasteiger partial charge < -0.3 is 20.5 Å². The first-order valence-corrected chi connectivity index (χ1v) is 7.15. The number of hydrogen-bond donors (Lipinski definition) is 2. The summed E-state index contributed by atoms with van der Waals surface area (Å²) in [6.07, 6.45) is 0. The second-order valence-corrected chi connectivity index (χ2v) is 5.25. The molecule has 0 atom stereocenters. The largest absolute Gasteiger partial charge is 0.493 e. The van der Waals surface area contributed by atoms with Gasteiger partial charge in [0.15, 0.2) is 11.5 Å². The van der Waals surface area contributed by atoms with Crippen molar-refractivity contribution in [2.24, 2.45) is 5.73 Å². The van der Waals surface area contributed by atoms with Gasteiger partial charge in [0.1, 0.15) is 10.7 Å². The lowest BCUT2D eigenvalue weighted by molar-refractivity contribution is 0.102. The van der Waals surface area contributed by atoms with Crippen molar-refractivity contribution in [1.82, 2.24) is 4.98 Å². The number of rotatable bonds is 5. The van der Waals surface area contributed by atoms with Crippen molar-refractivity contribution in [1.29, 1.82) is 0 Å². The molecule has 112 valence electrons. The summed E-state index contributed by atoms with van der Waals surface area (Å²) in [5.41, 5.74) is 7.38. The average Bonchev–Trinajstić information content (AvgIpc) is 2.97. The Hall–Kier alpha value is -2.12. The number of aryl methyl sites for hydroxylation is 1. The smallest absolute Gasteiger partial charge is 0.275 e. The minimum Gasteiger partial charge on any atom is -0.493 e. The number of aromatic nitrogens is 1. The fraction of sp³-hybridized carbons (Fsp3) is 0.286. The molecule has 0 saturated carbocycles. The molecule has 0 aliphatic heterocycles. The lowest BCUT2D eigenvalue weighted by atomic mass is 10.1. The van der Waals surface area contributed by atoms with Crippen LogP contribution in [-0.2, 0) is 6.54 Å². The summed E-state index contributed by atoms with van der Waals surface area (Å²) in [5.74, 6) is 0.896. The molecule has 1 heterocycles. The van der Waals surface area contributed by atoms with E-state index in [-0.39, 0.29) is 5.91 Å². The number of nitrogens with two attached hydrogens (primary N) is 1. The van der Waals surface area contributed by atoms with Crippen LogP contribution in [0.5, 0.6) is 11.5 Å². The van der Waals surface area contributed by atoms with Crippen LogP contribution in [0.2, 0.25) is 0 Å². The Morgan fingerprint density at radius 3 is 2.57 bits per heavy atom. The van der Waals surface area contributed by atoms with Gasteiger partial charge in [-0.25, -0.2) is 4.98 Å². The number of benzene rings is 1. The summed E-state index contributed by atoms with van der Waals surface area (Å²) in [6.45, 7) is 2.21. The summed E-state index contributed by atoms with van der Waals surface area (Å²) in [7, 11) is 3.12. The van der Waals surface area contributed by atoms with E-state index in [0.29, 0.717) is 29.4 Å². The quantitative estimate of drug-likeness (QED) is 0.884. The molecule has 0 bridgehead atoms. The van der Waals surface area contributed by atoms with Gasteiger partial charge in [0.05, 0.1) is 14.2 Å². The molecular formula is C14H17N3O3S. The van der Waals surface area contributed by atoms with Gasteiger partial charge in [-0.1, -0.05) is 0 Å². The third-order valence-corrected chi connectivity index (χ3v) is 3.81. The van der Waals surface area contributed by atoms with Gasteiger partial charge in [0.2, 0.25) is 0 Å². The number of anilines is 1. The van der Waals surface area contributed by atoms with E-state index in [9.17, 15) is 4.79 Å². The molecule has 0 aliphatic rings. The highest BCUT2D eigenvalue weighted by atomic mass is 32.1. The van der Waals surface area contributed by atoms with Gasteiger partial charge in [0, 0.05) is 23.7 Å². The number of thiazole rings is 1. The molecule has 0 unspecified atom stereocenters. The van der Waals surface area contributed by atoms with Crippen LogP contribution in [0.25, 0.3) is 0 Å². The Balaban J connectivity index is 2.24. The summed E-state index contributed by atoms with van der Waals surface area (Å²) in [4.78, 5) is 16.3. The maximum absolute atomic E-state index is 12.2. The Kier molecular flexibility index (Phi) is 4.77. The van der Waals surface area contributed by atoms with Crippen molar-refractivity contribution in [3.63, 3.8) is 0 Å². The van der Waals surface area contributed by atoms with Crippen LogP contribution in [0.1, 0.15) is 21.1 Å². The standard InChI is InChI=1S/C14H17N3O3S/c1-8-4-11(19-2)12(20-3)5-9(8)17-14(18)10-7-21-13(6-15)16-10/h4-5,7H,6,15H2,1-3H3,(H,17,18). The fourth-order valence-corrected chi connectivity index (χ4v) is 2.47. The summed E-state index contributed by atoms with van der Waals surface area (Å²) in [5, 5.41) is 5.23. The zero-order valence-electron chi connectivity index (χ0n) is 12.1. The van der Waals surface area contributed by atoms with Crippen molar-refractivity contribution in [3.05, 3.63) is 33.8 Å². The maximum atomic E-state index is 12.2. The van der Waals surface area contributed by atoms with E-state index in [0.717, 1.165) is 10.6 Å². The van der Waals surface area contributed by atoms with E-state index in [1.165, 1.54) is 11.3 Å². The number of carbonyl (C=O) groups is 1. The minimum absolute atomic E-state index is 0.277. The SMILES string of the molecule is COc1cc(C)c(NC(=O)c2csc(CN)n2)cc1OC. The molecule has 1 aromatic heterocycles. The van der Waals surface area contributed by atoms with Gasteiger partial charge in [-0.15, -0.1) is 11.3 Å². The van der Waals surface area contributed by atoms with Crippen LogP contribution in [0.15, 0.2) is 17.5 Å². The Labute approximate surface area is 126 Å². The molecule has 0 fully saturated rings. The number of nitrogens with one attached hydrogen (secondary N) is 1. The molecule has 0 saturated heterocycles. The molecule has 0 aliphatic carbocycles. The molecule has 1 amide bonds. The van der Waals surface area contributed by atoms with E-state index in [1.54, 1.807) is 31.7 Å². The summed E-state index contributed by atoms with van der Waals surface area (Å²) in [6, 6.07) is 3.53. The third kappa shape index (κ3) is 3.32. The molecule has 1 aromatic carbocycles. The van der Waals surface area contributed by atoms with Crippen molar-refractivity contribution >= 4 is 22.9 Å². The van der Waals surface area contributed by atoms with E-state index < -0.39 is 0 Å². The molecule has 7 heteroatoms. The van der Waals surface area contributed by atoms with Gasteiger partial charge >= 0.3 is 0 Å². The Bertz CT molecular complexity index is 655. The van der Waals surface area contributed by atoms with E-state index in [1.807, 2.05) is 6.92 Å². The highest BCUT2D eigenvalue weighted by Crippen LogP contribution is 2.33. The molecule has 0 radical (unpaired) electrons. The van der Waals surface area contributed by atoms with E-state index in [2.05, 4.69) is 10.3 Å². The zero-order valence-corrected chi connectivity index (χ0v) is 12.9. The predicted molar refractivity (Wildman–Crippen MR) is 82.2 cm³/mol. The van der Waals surface area contributed by atoms with Crippen LogP contribution >= 0.6 is 11.3 Å². The first-order chi connectivity index (χ1) is 10.1. The second kappa shape index (κ2) is 6.55. The highest BCUT2D eigenvalue weighted by molar-refractivity contribution is 7.09. The number of amides is 1. The van der Waals surface area contributed by atoms with Crippen LogP contribution in [0.4, 0.5) is 5.69 Å². The van der Waals surface area contributed by atoms with Gasteiger partial charge in [-0.3, -0.25) is 4.79 Å². The molecule has 2 aromatic rings. The molecule has 6 nitrogen and oxygen atoms in total. The number of ether oxygens (including phenoxy) is 2. The summed E-state index contributed by atoms with van der Waals surface area (Å²) >= 11 is 1.36. The molecular weight excluding hydrogens is 290 g/mol. The van der Waals surface area contributed by atoms with Crippen molar-refractivity contribution in [2.75, 3.05) is 19.5 Å². The minimum atomic E-state index is -0.277. The van der Waals surface area contributed by atoms with E-state index >= 15 is 0 Å². The van der Waals surface area contributed by atoms with Crippen LogP contribution in [0, 0.1) is 6.92 Å². The highest BCUT2D eigenvalue weighted by Gasteiger charge is 2.14. The van der Waals surface area contributed by atoms with Gasteiger partial charge in [-0.05, 0) is 18.6 Å². The normalized spacial score (nSPS) is 10.3. The molecule has 3 N–H and O–H groups in total. The first kappa shape index (κ1) is 15.3. The van der Waals surface area contributed by atoms with Crippen molar-refractivity contribution in [3.8, 4) is 11.5 Å². The lowest BCUT2D eigenvalue weighted by Gasteiger charge is -2.13. The predicted octanol–water partition coefficient (Wildman–Crippen LogP) is 2.18. The monoisotopic (exact) mass is 307 g/mol. The van der Waals surface area contributed by atoms with Gasteiger partial charge in [-0.2, -0.15) is 0 Å². The molecule has 2 rings (SSSR count). The maximum Gasteiger partial charge on any atom is 0.275 e. The second-order valence-electron chi connectivity index (χ2n) is 4.31. The van der Waals surface area contributed by atoms with Crippen molar-refractivity contribution < 1.29 is 14.3 Å². The zero-order chi connectivity index (χ0) is 15.4. The third-order valence-electron chi connectivity index (χ3n) is 2.94. The van der Waals surface area contributed by atoms with Crippen molar-refractivity contribution in [2.45, 2.75) is 13.5 Å². The van der Waals surface area contributed by atoms with Crippen LogP contribution < -0.4 is 20.5 Å². The number of hydrogen-bond acceptors (Lipinski definition) is 6. The Morgan fingerprint density at radius 1 is 1.33 bits per heavy atom. The Morgan fingerprint density at radius 2 is 2.00 bits per heavy atom. The molecule has 0 spiro atoms. The van der Waals surface area contributed by atoms with E-state index in [4.69, 9.17) is 15.2 Å². The molecule has 21 heavy (non-hydrogen) atoms. The number of nitrogens with zero attached hydrogens (tertiary/aromatic N) is 1. The van der Waals surface area contributed by atoms with Gasteiger partial charge in [0.25, 0.3) is 5.91 Å². The fourth-order valence-electron chi connectivity index (χ4n) is 1.81. The first-order valence-electron chi connectivity index (χ1n) is 6.27. The topological polar surface area (TPSA) is 86.5 Å².